The number of carbonyl (C=O) groups excluding carboxylic acids is 1. The van der Waals surface area contributed by atoms with Gasteiger partial charge in [0.05, 0.1) is 30.1 Å². The minimum atomic E-state index is -0.674. The van der Waals surface area contributed by atoms with Crippen molar-refractivity contribution in [1.82, 2.24) is 4.57 Å². The number of fused-ring (bicyclic) bond motifs is 1. The Morgan fingerprint density at radius 2 is 2.00 bits per heavy atom. The van der Waals surface area contributed by atoms with E-state index < -0.39 is 10.9 Å². The van der Waals surface area contributed by atoms with E-state index in [4.69, 9.17) is 4.74 Å². The number of aromatic nitrogens is 1. The molecule has 2 aromatic rings. The number of ether oxygens (including phenoxy) is 2. The quantitative estimate of drug-likeness (QED) is 0.484. The first kappa shape index (κ1) is 15.5. The number of nitrogens with zero attached hydrogens (tertiary/aromatic N) is 2. The van der Waals surface area contributed by atoms with Gasteiger partial charge in [0.25, 0.3) is 5.56 Å². The zero-order valence-electron chi connectivity index (χ0n) is 12.3. The fourth-order valence-electron chi connectivity index (χ4n) is 2.22. The molecule has 0 atom stereocenters. The summed E-state index contributed by atoms with van der Waals surface area (Å²) in [6.07, 6.45) is 1.34. The fraction of sp³-hybridized carbons (Fsp3) is 0.286. The number of nitro groups is 1. The molecule has 0 bridgehead atoms. The van der Waals surface area contributed by atoms with Crippen molar-refractivity contribution in [2.75, 3.05) is 14.2 Å². The predicted octanol–water partition coefficient (Wildman–Crippen LogP) is 1.72. The molecule has 0 spiro atoms. The van der Waals surface area contributed by atoms with Crippen molar-refractivity contribution in [2.24, 2.45) is 0 Å². The maximum absolute atomic E-state index is 12.4. The summed E-state index contributed by atoms with van der Waals surface area (Å²) in [4.78, 5) is 34.7. The van der Waals surface area contributed by atoms with E-state index in [1.54, 1.807) is 6.92 Å². The van der Waals surface area contributed by atoms with E-state index in [-0.39, 0.29) is 33.3 Å². The smallest absolute Gasteiger partial charge is 0.339 e. The van der Waals surface area contributed by atoms with Crippen molar-refractivity contribution in [3.05, 3.63) is 44.4 Å². The third-order valence-corrected chi connectivity index (χ3v) is 3.33. The van der Waals surface area contributed by atoms with Crippen molar-refractivity contribution in [3.63, 3.8) is 0 Å². The summed E-state index contributed by atoms with van der Waals surface area (Å²) >= 11 is 0. The summed E-state index contributed by atoms with van der Waals surface area (Å²) in [5.41, 5.74) is -0.600. The predicted molar refractivity (Wildman–Crippen MR) is 78.4 cm³/mol. The van der Waals surface area contributed by atoms with Crippen molar-refractivity contribution >= 4 is 22.4 Å². The van der Waals surface area contributed by atoms with Crippen molar-refractivity contribution < 1.29 is 19.2 Å². The van der Waals surface area contributed by atoms with Gasteiger partial charge in [0.15, 0.2) is 5.75 Å². The molecule has 8 heteroatoms. The van der Waals surface area contributed by atoms with Crippen LogP contribution in [0.5, 0.6) is 5.75 Å². The zero-order valence-corrected chi connectivity index (χ0v) is 12.3. The van der Waals surface area contributed by atoms with E-state index in [1.807, 2.05) is 0 Å². The second-order valence-electron chi connectivity index (χ2n) is 4.45. The van der Waals surface area contributed by atoms with Gasteiger partial charge in [0.1, 0.15) is 0 Å². The number of benzene rings is 1. The topological polar surface area (TPSA) is 101 Å². The first-order valence-electron chi connectivity index (χ1n) is 6.42. The van der Waals surface area contributed by atoms with Crippen LogP contribution in [0.1, 0.15) is 17.3 Å². The molecule has 0 N–H and O–H groups in total. The van der Waals surface area contributed by atoms with E-state index >= 15 is 0 Å². The molecular weight excluding hydrogens is 292 g/mol. The van der Waals surface area contributed by atoms with Gasteiger partial charge in [-0.3, -0.25) is 14.9 Å². The van der Waals surface area contributed by atoms with Crippen LogP contribution < -0.4 is 10.3 Å². The molecule has 2 rings (SSSR count). The molecule has 1 aromatic carbocycles. The normalized spacial score (nSPS) is 10.5. The van der Waals surface area contributed by atoms with Gasteiger partial charge in [-0.25, -0.2) is 4.79 Å². The van der Waals surface area contributed by atoms with Crippen LogP contribution >= 0.6 is 0 Å². The fourth-order valence-corrected chi connectivity index (χ4v) is 2.22. The Labute approximate surface area is 125 Å². The van der Waals surface area contributed by atoms with Crippen molar-refractivity contribution in [2.45, 2.75) is 13.5 Å². The van der Waals surface area contributed by atoms with E-state index in [1.165, 1.54) is 31.0 Å². The summed E-state index contributed by atoms with van der Waals surface area (Å²) in [5.74, 6) is -0.717. The largest absolute Gasteiger partial charge is 0.490 e. The number of methoxy groups -OCH3 is 2. The average Bonchev–Trinajstić information content (AvgIpc) is 2.53. The molecule has 0 fully saturated rings. The highest BCUT2D eigenvalue weighted by Gasteiger charge is 2.22. The van der Waals surface area contributed by atoms with Gasteiger partial charge in [-0.2, -0.15) is 0 Å². The molecular formula is C14H14N2O6. The zero-order chi connectivity index (χ0) is 16.4. The van der Waals surface area contributed by atoms with Gasteiger partial charge in [-0.15, -0.1) is 0 Å². The third-order valence-electron chi connectivity index (χ3n) is 3.33. The summed E-state index contributed by atoms with van der Waals surface area (Å²) in [6.45, 7) is 2.09. The van der Waals surface area contributed by atoms with E-state index in [0.717, 1.165) is 6.07 Å². The molecule has 0 saturated heterocycles. The Bertz CT molecular complexity index is 824. The van der Waals surface area contributed by atoms with Crippen LogP contribution in [0.15, 0.2) is 23.1 Å². The van der Waals surface area contributed by atoms with E-state index in [0.29, 0.717) is 6.54 Å². The summed E-state index contributed by atoms with van der Waals surface area (Å²) < 4.78 is 11.0. The highest BCUT2D eigenvalue weighted by molar-refractivity contribution is 6.05. The van der Waals surface area contributed by atoms with Crippen molar-refractivity contribution in [3.8, 4) is 5.75 Å². The Kier molecular flexibility index (Phi) is 4.11. The maximum atomic E-state index is 12.4. The molecule has 8 nitrogen and oxygen atoms in total. The first-order valence-corrected chi connectivity index (χ1v) is 6.42. The molecule has 0 saturated carbocycles. The van der Waals surface area contributed by atoms with Crippen LogP contribution in [0.2, 0.25) is 0 Å². The molecule has 0 aliphatic carbocycles. The van der Waals surface area contributed by atoms with Crippen LogP contribution in [0, 0.1) is 10.1 Å². The monoisotopic (exact) mass is 306 g/mol. The second kappa shape index (κ2) is 5.84. The minimum Gasteiger partial charge on any atom is -0.490 e. The standard InChI is InChI=1S/C14H14N2O6/c1-4-15-7-10(14(18)22-3)8-5-11(16(19)20)12(21-2)6-9(8)13(15)17/h5-7H,4H2,1-3H3. The minimum absolute atomic E-state index is 0.0423. The second-order valence-corrected chi connectivity index (χ2v) is 4.45. The number of hydrogen-bond donors (Lipinski definition) is 0. The van der Waals surface area contributed by atoms with Crippen LogP contribution in [-0.2, 0) is 11.3 Å². The summed E-state index contributed by atoms with van der Waals surface area (Å²) in [7, 11) is 2.48. The SMILES string of the molecule is CCn1cc(C(=O)OC)c2cc([N+](=O)[O-])c(OC)cc2c1=O. The molecule has 1 heterocycles. The van der Waals surface area contributed by atoms with Crippen molar-refractivity contribution in [1.29, 1.82) is 0 Å². The molecule has 0 unspecified atom stereocenters. The van der Waals surface area contributed by atoms with Gasteiger partial charge in [0, 0.05) is 30.3 Å². The molecule has 1 aromatic heterocycles. The van der Waals surface area contributed by atoms with Gasteiger partial charge < -0.3 is 14.0 Å². The molecule has 0 amide bonds. The third kappa shape index (κ3) is 2.39. The molecule has 0 aliphatic rings. The molecule has 116 valence electrons. The number of carbonyl (C=O) groups is 1. The van der Waals surface area contributed by atoms with Crippen LogP contribution in [0.25, 0.3) is 10.8 Å². The lowest BCUT2D eigenvalue weighted by Gasteiger charge is -2.11. The molecule has 0 aliphatic heterocycles. The maximum Gasteiger partial charge on any atom is 0.339 e. The number of aryl methyl sites for hydroxylation is 1. The molecule has 22 heavy (non-hydrogen) atoms. The van der Waals surface area contributed by atoms with Gasteiger partial charge in [-0.1, -0.05) is 0 Å². The summed E-state index contributed by atoms with van der Waals surface area (Å²) in [6, 6.07) is 2.43. The number of hydrogen-bond acceptors (Lipinski definition) is 6. The lowest BCUT2D eigenvalue weighted by Crippen LogP contribution is -2.21. The number of esters is 1. The Hall–Kier alpha value is -2.90. The average molecular weight is 306 g/mol. The van der Waals surface area contributed by atoms with E-state index in [9.17, 15) is 19.7 Å². The van der Waals surface area contributed by atoms with Crippen LogP contribution in [0.4, 0.5) is 5.69 Å². The Morgan fingerprint density at radius 3 is 2.50 bits per heavy atom. The Morgan fingerprint density at radius 1 is 1.32 bits per heavy atom. The van der Waals surface area contributed by atoms with Gasteiger partial charge >= 0.3 is 11.7 Å². The highest BCUT2D eigenvalue weighted by atomic mass is 16.6. The summed E-state index contributed by atoms with van der Waals surface area (Å²) in [5, 5.41) is 11.4. The van der Waals surface area contributed by atoms with Gasteiger partial charge in [0.2, 0.25) is 0 Å². The van der Waals surface area contributed by atoms with Crippen LogP contribution in [-0.4, -0.2) is 29.7 Å². The molecule has 0 radical (unpaired) electrons. The van der Waals surface area contributed by atoms with Gasteiger partial charge in [-0.05, 0) is 6.92 Å². The number of pyridine rings is 1. The lowest BCUT2D eigenvalue weighted by atomic mass is 10.1. The number of rotatable bonds is 4. The van der Waals surface area contributed by atoms with Crippen LogP contribution in [0.3, 0.4) is 0 Å². The highest BCUT2D eigenvalue weighted by Crippen LogP contribution is 2.32. The number of nitro benzene ring substituents is 1. The lowest BCUT2D eigenvalue weighted by molar-refractivity contribution is -0.385. The first-order chi connectivity index (χ1) is 10.4. The van der Waals surface area contributed by atoms with E-state index in [2.05, 4.69) is 4.74 Å². The Balaban J connectivity index is 2.98.